The topological polar surface area (TPSA) is 50.8 Å². The highest BCUT2D eigenvalue weighted by atomic mass is 16.5. The lowest BCUT2D eigenvalue weighted by Crippen LogP contribution is -2.39. The Morgan fingerprint density at radius 3 is 2.46 bits per heavy atom. The van der Waals surface area contributed by atoms with Gasteiger partial charge in [-0.05, 0) is 43.6 Å². The van der Waals surface area contributed by atoms with E-state index in [9.17, 15) is 4.79 Å². The molecule has 0 bridgehead atoms. The van der Waals surface area contributed by atoms with Crippen molar-refractivity contribution in [3.63, 3.8) is 0 Å². The van der Waals surface area contributed by atoms with Crippen LogP contribution in [-0.4, -0.2) is 51.7 Å². The van der Waals surface area contributed by atoms with E-state index in [0.29, 0.717) is 36.1 Å². The number of hydrogen-bond donors (Lipinski definition) is 1. The molecular formula is C19H32N2O3. The zero-order valence-corrected chi connectivity index (χ0v) is 16.1. The maximum Gasteiger partial charge on any atom is 0.251 e. The molecule has 5 nitrogen and oxygen atoms in total. The van der Waals surface area contributed by atoms with Crippen LogP contribution in [0.1, 0.15) is 38.1 Å². The minimum Gasteiger partial charge on any atom is -0.493 e. The Morgan fingerprint density at radius 2 is 1.92 bits per heavy atom. The van der Waals surface area contributed by atoms with Crippen LogP contribution in [0.5, 0.6) is 11.5 Å². The number of nitrogens with one attached hydrogen (secondary N) is 1. The average molecular weight is 336 g/mol. The molecule has 0 radical (unpaired) electrons. The van der Waals surface area contributed by atoms with Crippen molar-refractivity contribution in [2.45, 2.75) is 27.7 Å². The first kappa shape index (κ1) is 20.3. The van der Waals surface area contributed by atoms with E-state index in [1.165, 1.54) is 0 Å². The number of methoxy groups -OCH3 is 1. The van der Waals surface area contributed by atoms with E-state index in [1.54, 1.807) is 25.3 Å². The Bertz CT molecular complexity index is 539. The van der Waals surface area contributed by atoms with Crippen LogP contribution >= 0.6 is 0 Å². The van der Waals surface area contributed by atoms with Gasteiger partial charge in [-0.2, -0.15) is 0 Å². The molecule has 136 valence electrons. The zero-order valence-electron chi connectivity index (χ0n) is 16.1. The molecule has 0 heterocycles. The number of ether oxygens (including phenoxy) is 2. The number of benzene rings is 1. The van der Waals surface area contributed by atoms with Gasteiger partial charge in [-0.1, -0.05) is 27.7 Å². The number of amides is 1. The lowest BCUT2D eigenvalue weighted by molar-refractivity contribution is 0.0928. The first-order valence-corrected chi connectivity index (χ1v) is 8.38. The quantitative estimate of drug-likeness (QED) is 0.753. The monoisotopic (exact) mass is 336 g/mol. The number of rotatable bonds is 9. The molecule has 1 aromatic rings. The Hall–Kier alpha value is -1.75. The van der Waals surface area contributed by atoms with Gasteiger partial charge in [0.1, 0.15) is 0 Å². The van der Waals surface area contributed by atoms with Gasteiger partial charge in [-0.15, -0.1) is 0 Å². The highest BCUT2D eigenvalue weighted by Crippen LogP contribution is 2.28. The fraction of sp³-hybridized carbons (Fsp3) is 0.632. The molecule has 0 atom stereocenters. The van der Waals surface area contributed by atoms with Crippen molar-refractivity contribution in [2.24, 2.45) is 11.3 Å². The van der Waals surface area contributed by atoms with Gasteiger partial charge in [-0.3, -0.25) is 4.79 Å². The fourth-order valence-corrected chi connectivity index (χ4v) is 2.52. The van der Waals surface area contributed by atoms with Crippen LogP contribution in [-0.2, 0) is 0 Å². The molecule has 0 aliphatic rings. The molecular weight excluding hydrogens is 304 g/mol. The van der Waals surface area contributed by atoms with Gasteiger partial charge in [0, 0.05) is 18.7 Å². The first-order valence-electron chi connectivity index (χ1n) is 8.38. The lowest BCUT2D eigenvalue weighted by atomic mass is 9.93. The average Bonchev–Trinajstić information content (AvgIpc) is 2.49. The van der Waals surface area contributed by atoms with Crippen molar-refractivity contribution in [1.82, 2.24) is 10.2 Å². The van der Waals surface area contributed by atoms with E-state index >= 15 is 0 Å². The zero-order chi connectivity index (χ0) is 18.3. The third-order valence-corrected chi connectivity index (χ3v) is 3.47. The van der Waals surface area contributed by atoms with Crippen LogP contribution in [0.15, 0.2) is 18.2 Å². The summed E-state index contributed by atoms with van der Waals surface area (Å²) in [5, 5.41) is 3.00. The SMILES string of the molecule is COc1cc(C(=O)NCC(C)(C)CN(C)C)ccc1OCC(C)C. The molecule has 1 rings (SSSR count). The Labute approximate surface area is 146 Å². The van der Waals surface area contributed by atoms with Crippen molar-refractivity contribution >= 4 is 5.91 Å². The normalized spacial score (nSPS) is 11.7. The smallest absolute Gasteiger partial charge is 0.251 e. The summed E-state index contributed by atoms with van der Waals surface area (Å²) in [5.74, 6) is 1.57. The van der Waals surface area contributed by atoms with Gasteiger partial charge in [0.25, 0.3) is 5.91 Å². The van der Waals surface area contributed by atoms with Gasteiger partial charge < -0.3 is 19.7 Å². The van der Waals surface area contributed by atoms with Crippen LogP contribution in [0.3, 0.4) is 0 Å². The van der Waals surface area contributed by atoms with Crippen molar-refractivity contribution in [3.05, 3.63) is 23.8 Å². The van der Waals surface area contributed by atoms with Crippen molar-refractivity contribution in [3.8, 4) is 11.5 Å². The standard InChI is InChI=1S/C19H32N2O3/c1-14(2)11-24-16-9-8-15(10-17(16)23-7)18(22)20-12-19(3,4)13-21(5)6/h8-10,14H,11-13H2,1-7H3,(H,20,22). The third kappa shape index (κ3) is 6.79. The minimum absolute atomic E-state index is 0.00353. The molecule has 0 fully saturated rings. The second-order valence-electron chi connectivity index (χ2n) is 7.66. The summed E-state index contributed by atoms with van der Waals surface area (Å²) in [6, 6.07) is 5.29. The molecule has 0 aromatic heterocycles. The van der Waals surface area contributed by atoms with Gasteiger partial charge in [0.05, 0.1) is 13.7 Å². The maximum atomic E-state index is 12.4. The van der Waals surface area contributed by atoms with Crippen LogP contribution in [0.4, 0.5) is 0 Å². The summed E-state index contributed by atoms with van der Waals surface area (Å²) in [6.07, 6.45) is 0. The summed E-state index contributed by atoms with van der Waals surface area (Å²) < 4.78 is 11.1. The molecule has 1 aromatic carbocycles. The Balaban J connectivity index is 2.74. The number of carbonyl (C=O) groups is 1. The number of carbonyl (C=O) groups excluding carboxylic acids is 1. The van der Waals surface area contributed by atoms with E-state index < -0.39 is 0 Å². The summed E-state index contributed by atoms with van der Waals surface area (Å²) in [5.41, 5.74) is 0.577. The molecule has 0 saturated heterocycles. The molecule has 1 N–H and O–H groups in total. The molecule has 0 aliphatic heterocycles. The lowest BCUT2D eigenvalue weighted by Gasteiger charge is -2.28. The number of hydrogen-bond acceptors (Lipinski definition) is 4. The largest absolute Gasteiger partial charge is 0.493 e. The highest BCUT2D eigenvalue weighted by Gasteiger charge is 2.20. The van der Waals surface area contributed by atoms with E-state index in [-0.39, 0.29) is 11.3 Å². The van der Waals surface area contributed by atoms with E-state index in [2.05, 4.69) is 37.9 Å². The predicted octanol–water partition coefficient (Wildman–Crippen LogP) is 3.05. The van der Waals surface area contributed by atoms with Crippen LogP contribution < -0.4 is 14.8 Å². The second kappa shape index (κ2) is 8.92. The summed E-state index contributed by atoms with van der Waals surface area (Å²) >= 11 is 0. The fourth-order valence-electron chi connectivity index (χ4n) is 2.52. The van der Waals surface area contributed by atoms with E-state index in [1.807, 2.05) is 14.1 Å². The van der Waals surface area contributed by atoms with Crippen molar-refractivity contribution < 1.29 is 14.3 Å². The Morgan fingerprint density at radius 1 is 1.25 bits per heavy atom. The van der Waals surface area contributed by atoms with E-state index in [4.69, 9.17) is 9.47 Å². The Kier molecular flexibility index (Phi) is 7.55. The van der Waals surface area contributed by atoms with Crippen molar-refractivity contribution in [1.29, 1.82) is 0 Å². The predicted molar refractivity (Wildman–Crippen MR) is 98.0 cm³/mol. The van der Waals surface area contributed by atoms with Gasteiger partial charge in [-0.25, -0.2) is 0 Å². The number of nitrogens with zero attached hydrogens (tertiary/aromatic N) is 1. The molecule has 24 heavy (non-hydrogen) atoms. The first-order chi connectivity index (χ1) is 11.1. The minimum atomic E-state index is -0.101. The van der Waals surface area contributed by atoms with Crippen LogP contribution in [0, 0.1) is 11.3 Å². The van der Waals surface area contributed by atoms with Crippen LogP contribution in [0.25, 0.3) is 0 Å². The van der Waals surface area contributed by atoms with Gasteiger partial charge in [0.15, 0.2) is 11.5 Å². The molecule has 5 heteroatoms. The maximum absolute atomic E-state index is 12.4. The molecule has 0 aliphatic carbocycles. The molecule has 0 spiro atoms. The van der Waals surface area contributed by atoms with Crippen LogP contribution in [0.2, 0.25) is 0 Å². The summed E-state index contributed by atoms with van der Waals surface area (Å²) in [7, 11) is 5.65. The van der Waals surface area contributed by atoms with Gasteiger partial charge >= 0.3 is 0 Å². The third-order valence-electron chi connectivity index (χ3n) is 3.47. The molecule has 0 unspecified atom stereocenters. The van der Waals surface area contributed by atoms with E-state index in [0.717, 1.165) is 6.54 Å². The summed E-state index contributed by atoms with van der Waals surface area (Å²) in [6.45, 7) is 10.6. The molecule has 1 amide bonds. The highest BCUT2D eigenvalue weighted by molar-refractivity contribution is 5.94. The summed E-state index contributed by atoms with van der Waals surface area (Å²) in [4.78, 5) is 14.5. The molecule has 0 saturated carbocycles. The second-order valence-corrected chi connectivity index (χ2v) is 7.66. The van der Waals surface area contributed by atoms with Crippen molar-refractivity contribution in [2.75, 3.05) is 40.9 Å². The van der Waals surface area contributed by atoms with Gasteiger partial charge in [0.2, 0.25) is 0 Å².